The molecule has 0 aliphatic heterocycles. The second-order valence-electron chi connectivity index (χ2n) is 6.05. The molecule has 1 amide bonds. The highest BCUT2D eigenvalue weighted by Gasteiger charge is 2.10. The molecule has 0 aliphatic carbocycles. The van der Waals surface area contributed by atoms with Gasteiger partial charge in [-0.1, -0.05) is 44.9 Å². The van der Waals surface area contributed by atoms with Gasteiger partial charge >= 0.3 is 0 Å². The Morgan fingerprint density at radius 3 is 2.58 bits per heavy atom. The van der Waals surface area contributed by atoms with Gasteiger partial charge in [-0.25, -0.2) is 0 Å². The molecule has 0 atom stereocenters. The summed E-state index contributed by atoms with van der Waals surface area (Å²) in [6, 6.07) is 13.4. The first kappa shape index (κ1) is 20.3. The Kier molecular flexibility index (Phi) is 8.48. The minimum absolute atomic E-state index is 0.0605. The van der Waals surface area contributed by atoms with E-state index in [2.05, 4.69) is 35.1 Å². The molecule has 140 valence electrons. The van der Waals surface area contributed by atoms with E-state index in [1.54, 1.807) is 0 Å². The van der Waals surface area contributed by atoms with Gasteiger partial charge in [0.05, 0.1) is 16.8 Å². The fourth-order valence-electron chi connectivity index (χ4n) is 2.46. The molecular weight excluding hydrogens is 394 g/mol. The lowest BCUT2D eigenvalue weighted by molar-refractivity contribution is -0.118. The number of hydrogen-bond acceptors (Lipinski definition) is 3. The van der Waals surface area contributed by atoms with Crippen LogP contribution in [0.4, 0.5) is 5.69 Å². The summed E-state index contributed by atoms with van der Waals surface area (Å²) >= 11 is 3.50. The molecule has 1 N–H and O–H groups in total. The SMILES string of the molecule is CCCCOc1ccccc1NC(=O)COc1ccc(CCC)cc1Br. The summed E-state index contributed by atoms with van der Waals surface area (Å²) in [6.07, 6.45) is 4.16. The first-order chi connectivity index (χ1) is 12.6. The van der Waals surface area contributed by atoms with Crippen molar-refractivity contribution in [3.05, 3.63) is 52.5 Å². The van der Waals surface area contributed by atoms with Crippen molar-refractivity contribution < 1.29 is 14.3 Å². The largest absolute Gasteiger partial charge is 0.491 e. The molecule has 0 heterocycles. The van der Waals surface area contributed by atoms with Crippen molar-refractivity contribution in [2.45, 2.75) is 39.5 Å². The maximum Gasteiger partial charge on any atom is 0.262 e. The zero-order valence-corrected chi connectivity index (χ0v) is 17.0. The van der Waals surface area contributed by atoms with Crippen LogP contribution in [0, 0.1) is 0 Å². The fraction of sp³-hybridized carbons (Fsp3) is 0.381. The van der Waals surface area contributed by atoms with E-state index in [9.17, 15) is 4.79 Å². The molecule has 2 aromatic rings. The molecule has 5 heteroatoms. The minimum atomic E-state index is -0.221. The van der Waals surface area contributed by atoms with Gasteiger partial charge in [0.15, 0.2) is 6.61 Å². The fourth-order valence-corrected chi connectivity index (χ4v) is 3.00. The molecule has 0 unspecified atom stereocenters. The standard InChI is InChI=1S/C21H26BrNO3/c1-3-5-13-25-20-10-7-6-9-18(20)23-21(24)15-26-19-12-11-16(8-4-2)14-17(19)22/h6-7,9-12,14H,3-5,8,13,15H2,1-2H3,(H,23,24). The molecule has 0 radical (unpaired) electrons. The van der Waals surface area contributed by atoms with Crippen molar-refractivity contribution >= 4 is 27.5 Å². The van der Waals surface area contributed by atoms with Crippen LogP contribution in [0.15, 0.2) is 46.9 Å². The molecule has 0 saturated heterocycles. The maximum atomic E-state index is 12.2. The summed E-state index contributed by atoms with van der Waals surface area (Å²) in [5.41, 5.74) is 1.91. The van der Waals surface area contributed by atoms with Gasteiger partial charge in [-0.05, 0) is 58.6 Å². The monoisotopic (exact) mass is 419 g/mol. The van der Waals surface area contributed by atoms with Gasteiger partial charge in [0.2, 0.25) is 0 Å². The molecular formula is C21H26BrNO3. The van der Waals surface area contributed by atoms with E-state index in [0.29, 0.717) is 23.8 Å². The molecule has 26 heavy (non-hydrogen) atoms. The van der Waals surface area contributed by atoms with Crippen LogP contribution in [0.25, 0.3) is 0 Å². The Balaban J connectivity index is 1.91. The Morgan fingerprint density at radius 1 is 1.04 bits per heavy atom. The normalized spacial score (nSPS) is 10.4. The summed E-state index contributed by atoms with van der Waals surface area (Å²) in [4.78, 5) is 12.2. The third kappa shape index (κ3) is 6.37. The van der Waals surface area contributed by atoms with E-state index < -0.39 is 0 Å². The summed E-state index contributed by atoms with van der Waals surface area (Å²) in [5.74, 6) is 1.12. The third-order valence-electron chi connectivity index (χ3n) is 3.81. The number of aryl methyl sites for hydroxylation is 1. The second kappa shape index (κ2) is 10.9. The van der Waals surface area contributed by atoms with Gasteiger partial charge in [0.1, 0.15) is 11.5 Å². The van der Waals surface area contributed by atoms with Crippen molar-refractivity contribution in [2.75, 3.05) is 18.5 Å². The lowest BCUT2D eigenvalue weighted by Crippen LogP contribution is -2.20. The predicted octanol–water partition coefficient (Wildman–Crippen LogP) is 5.60. The smallest absolute Gasteiger partial charge is 0.262 e. The number of halogens is 1. The number of nitrogens with one attached hydrogen (secondary N) is 1. The number of anilines is 1. The Hall–Kier alpha value is -2.01. The van der Waals surface area contributed by atoms with Crippen molar-refractivity contribution in [3.63, 3.8) is 0 Å². The van der Waals surface area contributed by atoms with E-state index in [1.807, 2.05) is 42.5 Å². The van der Waals surface area contributed by atoms with Crippen LogP contribution in [0.1, 0.15) is 38.7 Å². The van der Waals surface area contributed by atoms with Crippen LogP contribution in [0.3, 0.4) is 0 Å². The number of rotatable bonds is 10. The number of ether oxygens (including phenoxy) is 2. The number of amides is 1. The van der Waals surface area contributed by atoms with Gasteiger partial charge in [-0.2, -0.15) is 0 Å². The van der Waals surface area contributed by atoms with Gasteiger partial charge in [-0.15, -0.1) is 0 Å². The van der Waals surface area contributed by atoms with Crippen LogP contribution in [-0.4, -0.2) is 19.1 Å². The summed E-state index contributed by atoms with van der Waals surface area (Å²) in [7, 11) is 0. The first-order valence-corrected chi connectivity index (χ1v) is 9.86. The molecule has 0 spiro atoms. The van der Waals surface area contributed by atoms with E-state index in [-0.39, 0.29) is 12.5 Å². The topological polar surface area (TPSA) is 47.6 Å². The number of benzene rings is 2. The zero-order valence-electron chi connectivity index (χ0n) is 15.4. The number of para-hydroxylation sites is 2. The first-order valence-electron chi connectivity index (χ1n) is 9.07. The van der Waals surface area contributed by atoms with Gasteiger partial charge in [0.25, 0.3) is 5.91 Å². The van der Waals surface area contributed by atoms with Gasteiger partial charge in [-0.3, -0.25) is 4.79 Å². The Labute approximate surface area is 164 Å². The maximum absolute atomic E-state index is 12.2. The van der Waals surface area contributed by atoms with Crippen LogP contribution in [-0.2, 0) is 11.2 Å². The molecule has 2 aromatic carbocycles. The molecule has 0 bridgehead atoms. The zero-order chi connectivity index (χ0) is 18.8. The van der Waals surface area contributed by atoms with Crippen molar-refractivity contribution in [3.8, 4) is 11.5 Å². The lowest BCUT2D eigenvalue weighted by Gasteiger charge is -2.13. The number of unbranched alkanes of at least 4 members (excludes halogenated alkanes) is 1. The second-order valence-corrected chi connectivity index (χ2v) is 6.90. The van der Waals surface area contributed by atoms with Crippen molar-refractivity contribution in [1.82, 2.24) is 0 Å². The van der Waals surface area contributed by atoms with Gasteiger partial charge < -0.3 is 14.8 Å². The van der Waals surface area contributed by atoms with E-state index in [4.69, 9.17) is 9.47 Å². The Morgan fingerprint density at radius 2 is 1.85 bits per heavy atom. The molecule has 2 rings (SSSR count). The van der Waals surface area contributed by atoms with Gasteiger partial charge in [0, 0.05) is 0 Å². The average Bonchev–Trinajstić information content (AvgIpc) is 2.63. The highest BCUT2D eigenvalue weighted by Crippen LogP contribution is 2.27. The van der Waals surface area contributed by atoms with Crippen LogP contribution in [0.5, 0.6) is 11.5 Å². The highest BCUT2D eigenvalue weighted by molar-refractivity contribution is 9.10. The van der Waals surface area contributed by atoms with Crippen LogP contribution in [0.2, 0.25) is 0 Å². The Bertz CT molecular complexity index is 718. The summed E-state index contributed by atoms with van der Waals surface area (Å²) in [6.45, 7) is 4.83. The lowest BCUT2D eigenvalue weighted by atomic mass is 10.1. The van der Waals surface area contributed by atoms with Crippen molar-refractivity contribution in [1.29, 1.82) is 0 Å². The van der Waals surface area contributed by atoms with E-state index in [0.717, 1.165) is 30.2 Å². The average molecular weight is 420 g/mol. The molecule has 0 aromatic heterocycles. The highest BCUT2D eigenvalue weighted by atomic mass is 79.9. The number of carbonyl (C=O) groups excluding carboxylic acids is 1. The van der Waals surface area contributed by atoms with E-state index >= 15 is 0 Å². The van der Waals surface area contributed by atoms with Crippen LogP contribution < -0.4 is 14.8 Å². The summed E-state index contributed by atoms with van der Waals surface area (Å²) < 4.78 is 12.2. The number of hydrogen-bond donors (Lipinski definition) is 1. The quantitative estimate of drug-likeness (QED) is 0.509. The number of carbonyl (C=O) groups is 1. The molecule has 0 fully saturated rings. The van der Waals surface area contributed by atoms with Crippen molar-refractivity contribution in [2.24, 2.45) is 0 Å². The van der Waals surface area contributed by atoms with Crippen LogP contribution >= 0.6 is 15.9 Å². The predicted molar refractivity (Wildman–Crippen MR) is 109 cm³/mol. The summed E-state index contributed by atoms with van der Waals surface area (Å²) in [5, 5.41) is 2.85. The minimum Gasteiger partial charge on any atom is -0.491 e. The van der Waals surface area contributed by atoms with E-state index in [1.165, 1.54) is 5.56 Å². The molecule has 0 aliphatic rings. The molecule has 0 saturated carbocycles. The molecule has 4 nitrogen and oxygen atoms in total. The third-order valence-corrected chi connectivity index (χ3v) is 4.43.